The monoisotopic (exact) mass is 406 g/mol. The van der Waals surface area contributed by atoms with E-state index >= 15 is 0 Å². The lowest BCUT2D eigenvalue weighted by Crippen LogP contribution is -2.44. The Labute approximate surface area is 172 Å². The summed E-state index contributed by atoms with van der Waals surface area (Å²) in [5.74, 6) is 0.314. The molecule has 160 valence electrons. The predicted octanol–water partition coefficient (Wildman–Crippen LogP) is -0.538. The maximum Gasteiger partial charge on any atom is 0.498 e. The third kappa shape index (κ3) is 4.88. The van der Waals surface area contributed by atoms with E-state index < -0.39 is 36.9 Å². The van der Waals surface area contributed by atoms with Crippen molar-refractivity contribution in [2.45, 2.75) is 57.8 Å². The number of nitrogens with one attached hydrogen (secondary N) is 1. The van der Waals surface area contributed by atoms with Gasteiger partial charge in [-0.05, 0) is 46.5 Å². The molecule has 0 bridgehead atoms. The Kier molecular flexibility index (Phi) is 6.47. The highest BCUT2D eigenvalue weighted by Gasteiger charge is 2.52. The van der Waals surface area contributed by atoms with Gasteiger partial charge < -0.3 is 29.7 Å². The molecule has 3 rings (SSSR count). The fourth-order valence-electron chi connectivity index (χ4n) is 3.45. The standard InChI is InChI=1S/C19H31BN4O5/c1-18(2)19(3,4)29-20(28-18)14-9-22-17(23-10-14)24-7-5-6-13(11-24)8-21-16(27)15(26)12-25/h9-10,13,15,25-26H,5-8,11-12H2,1-4H3,(H,21,27)/t13-,15+/m0/s1. The number of amides is 1. The number of anilines is 1. The van der Waals surface area contributed by atoms with E-state index in [9.17, 15) is 9.90 Å². The van der Waals surface area contributed by atoms with Gasteiger partial charge >= 0.3 is 7.12 Å². The SMILES string of the molecule is CC1(C)OB(c2cnc(N3CCC[C@@H](CNC(=O)[C@H](O)CO)C3)nc2)OC1(C)C. The highest BCUT2D eigenvalue weighted by Crippen LogP contribution is 2.36. The van der Waals surface area contributed by atoms with Crippen LogP contribution in [0.4, 0.5) is 5.95 Å². The molecule has 10 heteroatoms. The first-order chi connectivity index (χ1) is 13.6. The zero-order chi connectivity index (χ0) is 21.2. The molecule has 2 fully saturated rings. The summed E-state index contributed by atoms with van der Waals surface area (Å²) in [6.45, 7) is 9.46. The summed E-state index contributed by atoms with van der Waals surface area (Å²) in [5.41, 5.74) is -0.0409. The van der Waals surface area contributed by atoms with Gasteiger partial charge in [-0.2, -0.15) is 0 Å². The first-order valence-corrected chi connectivity index (χ1v) is 10.1. The predicted molar refractivity (Wildman–Crippen MR) is 109 cm³/mol. The molecule has 2 aliphatic heterocycles. The van der Waals surface area contributed by atoms with Gasteiger partial charge in [-0.3, -0.25) is 4.79 Å². The van der Waals surface area contributed by atoms with Crippen LogP contribution in [0.3, 0.4) is 0 Å². The molecule has 0 aliphatic carbocycles. The van der Waals surface area contributed by atoms with Gasteiger partial charge in [-0.1, -0.05) is 0 Å². The molecule has 3 heterocycles. The fourth-order valence-corrected chi connectivity index (χ4v) is 3.45. The number of aliphatic hydroxyl groups is 2. The summed E-state index contributed by atoms with van der Waals surface area (Å²) in [6.07, 6.45) is 4.05. The van der Waals surface area contributed by atoms with Crippen molar-refractivity contribution in [1.82, 2.24) is 15.3 Å². The molecule has 0 radical (unpaired) electrons. The molecule has 0 unspecified atom stereocenters. The molecule has 1 aromatic heterocycles. The number of aromatic nitrogens is 2. The van der Waals surface area contributed by atoms with Gasteiger partial charge in [0, 0.05) is 37.5 Å². The Morgan fingerprint density at radius 1 is 1.31 bits per heavy atom. The lowest BCUT2D eigenvalue weighted by molar-refractivity contribution is -0.131. The van der Waals surface area contributed by atoms with Crippen molar-refractivity contribution in [3.05, 3.63) is 12.4 Å². The van der Waals surface area contributed by atoms with Crippen LogP contribution >= 0.6 is 0 Å². The van der Waals surface area contributed by atoms with Crippen molar-refractivity contribution >= 4 is 24.4 Å². The quantitative estimate of drug-likeness (QED) is 0.540. The van der Waals surface area contributed by atoms with Crippen molar-refractivity contribution in [2.75, 3.05) is 31.1 Å². The van der Waals surface area contributed by atoms with Crippen molar-refractivity contribution < 1.29 is 24.3 Å². The molecule has 2 saturated heterocycles. The number of carbonyl (C=O) groups excluding carboxylic acids is 1. The van der Waals surface area contributed by atoms with Crippen LogP contribution in [0.5, 0.6) is 0 Å². The van der Waals surface area contributed by atoms with Crippen LogP contribution < -0.4 is 15.7 Å². The molecular weight excluding hydrogens is 375 g/mol. The molecule has 0 spiro atoms. The molecule has 2 atom stereocenters. The minimum absolute atomic E-state index is 0.227. The van der Waals surface area contributed by atoms with Crippen LogP contribution in [0.1, 0.15) is 40.5 Å². The van der Waals surface area contributed by atoms with E-state index in [-0.39, 0.29) is 5.92 Å². The summed E-state index contributed by atoms with van der Waals surface area (Å²) in [4.78, 5) is 22.8. The average Bonchev–Trinajstić information content (AvgIpc) is 2.93. The van der Waals surface area contributed by atoms with Crippen molar-refractivity contribution in [3.8, 4) is 0 Å². The van der Waals surface area contributed by atoms with E-state index in [1.54, 1.807) is 12.4 Å². The fraction of sp³-hybridized carbons (Fsp3) is 0.737. The third-order valence-electron chi connectivity index (χ3n) is 6.03. The maximum atomic E-state index is 11.6. The maximum absolute atomic E-state index is 11.6. The minimum Gasteiger partial charge on any atom is -0.399 e. The van der Waals surface area contributed by atoms with Gasteiger partial charge in [0.05, 0.1) is 17.8 Å². The second kappa shape index (κ2) is 8.55. The van der Waals surface area contributed by atoms with Crippen molar-refractivity contribution in [2.24, 2.45) is 5.92 Å². The van der Waals surface area contributed by atoms with Gasteiger partial charge in [0.1, 0.15) is 0 Å². The Morgan fingerprint density at radius 2 is 1.93 bits per heavy atom. The van der Waals surface area contributed by atoms with Crippen LogP contribution in [-0.4, -0.2) is 76.8 Å². The molecule has 2 aliphatic rings. The molecule has 3 N–H and O–H groups in total. The summed E-state index contributed by atoms with van der Waals surface area (Å²) in [6, 6.07) is 0. The minimum atomic E-state index is -1.37. The first kappa shape index (κ1) is 22.0. The Balaban J connectivity index is 1.58. The topological polar surface area (TPSA) is 117 Å². The average molecular weight is 406 g/mol. The van der Waals surface area contributed by atoms with E-state index in [1.165, 1.54) is 0 Å². The van der Waals surface area contributed by atoms with E-state index in [1.807, 2.05) is 27.7 Å². The lowest BCUT2D eigenvalue weighted by Gasteiger charge is -2.33. The molecule has 29 heavy (non-hydrogen) atoms. The zero-order valence-corrected chi connectivity index (χ0v) is 17.6. The highest BCUT2D eigenvalue weighted by molar-refractivity contribution is 6.61. The van der Waals surface area contributed by atoms with E-state index in [0.717, 1.165) is 24.8 Å². The number of carbonyl (C=O) groups is 1. The van der Waals surface area contributed by atoms with E-state index in [0.29, 0.717) is 19.0 Å². The second-order valence-corrected chi connectivity index (χ2v) is 8.80. The van der Waals surface area contributed by atoms with E-state index in [4.69, 9.17) is 14.4 Å². The molecule has 0 aromatic carbocycles. The Morgan fingerprint density at radius 3 is 2.52 bits per heavy atom. The van der Waals surface area contributed by atoms with Gasteiger partial charge in [0.25, 0.3) is 5.91 Å². The second-order valence-electron chi connectivity index (χ2n) is 8.80. The van der Waals surface area contributed by atoms with Crippen molar-refractivity contribution in [3.63, 3.8) is 0 Å². The van der Waals surface area contributed by atoms with E-state index in [2.05, 4.69) is 20.2 Å². The van der Waals surface area contributed by atoms with Crippen molar-refractivity contribution in [1.29, 1.82) is 0 Å². The Bertz CT molecular complexity index is 699. The highest BCUT2D eigenvalue weighted by atomic mass is 16.7. The molecule has 0 saturated carbocycles. The normalized spacial score (nSPS) is 24.4. The third-order valence-corrected chi connectivity index (χ3v) is 6.03. The summed E-state index contributed by atoms with van der Waals surface area (Å²) < 4.78 is 12.1. The number of hydrogen-bond donors (Lipinski definition) is 3. The molecule has 9 nitrogen and oxygen atoms in total. The van der Waals surface area contributed by atoms with Gasteiger partial charge in [0.15, 0.2) is 6.10 Å². The summed E-state index contributed by atoms with van der Waals surface area (Å²) >= 11 is 0. The Hall–Kier alpha value is -1.75. The van der Waals surface area contributed by atoms with Gasteiger partial charge in [0.2, 0.25) is 5.95 Å². The number of rotatable bonds is 6. The summed E-state index contributed by atoms with van der Waals surface area (Å²) in [5, 5.41) is 20.9. The number of nitrogens with zero attached hydrogens (tertiary/aromatic N) is 3. The van der Waals surface area contributed by atoms with Gasteiger partial charge in [-0.25, -0.2) is 9.97 Å². The van der Waals surface area contributed by atoms with Crippen LogP contribution in [0.15, 0.2) is 12.4 Å². The molecular formula is C19H31BN4O5. The van der Waals surface area contributed by atoms with Gasteiger partial charge in [-0.15, -0.1) is 0 Å². The molecule has 1 amide bonds. The largest absolute Gasteiger partial charge is 0.498 e. The van der Waals surface area contributed by atoms with Crippen LogP contribution in [0.25, 0.3) is 0 Å². The first-order valence-electron chi connectivity index (χ1n) is 10.1. The smallest absolute Gasteiger partial charge is 0.399 e. The van der Waals surface area contributed by atoms with Crippen LogP contribution in [0, 0.1) is 5.92 Å². The number of aliphatic hydroxyl groups excluding tert-OH is 2. The lowest BCUT2D eigenvalue weighted by atomic mass is 9.81. The molecule has 1 aromatic rings. The summed E-state index contributed by atoms with van der Waals surface area (Å²) in [7, 11) is -0.490. The van der Waals surface area contributed by atoms with Crippen LogP contribution in [0.2, 0.25) is 0 Å². The van der Waals surface area contributed by atoms with Crippen LogP contribution in [-0.2, 0) is 14.1 Å². The number of hydrogen-bond acceptors (Lipinski definition) is 8. The number of piperidine rings is 1. The zero-order valence-electron chi connectivity index (χ0n) is 17.6.